The van der Waals surface area contributed by atoms with Crippen LogP contribution in [0.25, 0.3) is 66.1 Å². The Balaban J connectivity index is 0.000000186. The summed E-state index contributed by atoms with van der Waals surface area (Å²) in [4.78, 5) is 71.9. The van der Waals surface area contributed by atoms with Gasteiger partial charge in [-0.1, -0.05) is 95.1 Å². The second-order valence-corrected chi connectivity index (χ2v) is 28.8. The molecule has 0 aliphatic carbocycles. The topological polar surface area (TPSA) is 187 Å². The lowest BCUT2D eigenvalue weighted by Gasteiger charge is -2.35. The first-order valence-corrected chi connectivity index (χ1v) is 34.9. The molecular weight excluding hydrogens is 1470 g/mol. The molecule has 12 rings (SSSR count). The van der Waals surface area contributed by atoms with Crippen molar-refractivity contribution in [3.8, 4) is 50.6 Å². The largest absolute Gasteiger partial charge is 0.507 e. The minimum absolute atomic E-state index is 0.0332. The van der Waals surface area contributed by atoms with Crippen LogP contribution in [0.2, 0.25) is 0 Å². The van der Waals surface area contributed by atoms with Gasteiger partial charge in [0, 0.05) is 115 Å². The second kappa shape index (κ2) is 38.6. The number of aromatic hydroxyl groups is 1. The van der Waals surface area contributed by atoms with Crippen LogP contribution in [0.5, 0.6) is 17.2 Å². The molecular formula is C72H78BBr3ClF3N12O6. The van der Waals surface area contributed by atoms with Gasteiger partial charge in [0.05, 0.1) is 30.8 Å². The minimum atomic E-state index is -0.509. The van der Waals surface area contributed by atoms with Crippen LogP contribution in [0.4, 0.5) is 30.6 Å². The molecule has 3 fully saturated rings. The Morgan fingerprint density at radius 3 is 1.12 bits per heavy atom. The van der Waals surface area contributed by atoms with Crippen LogP contribution in [0.3, 0.4) is 0 Å². The lowest BCUT2D eigenvalue weighted by molar-refractivity contribution is -0.127. The van der Waals surface area contributed by atoms with Crippen molar-refractivity contribution in [2.24, 2.45) is 0 Å². The molecule has 0 spiro atoms. The van der Waals surface area contributed by atoms with Gasteiger partial charge < -0.3 is 44.0 Å². The maximum atomic E-state index is 14.4. The number of hydrogen-bond donors (Lipinski definition) is 1. The van der Waals surface area contributed by atoms with Crippen LogP contribution in [-0.4, -0.2) is 169 Å². The van der Waals surface area contributed by atoms with Gasteiger partial charge in [-0.25, -0.2) is 43.1 Å². The fourth-order valence-corrected chi connectivity index (χ4v) is 11.3. The van der Waals surface area contributed by atoms with E-state index in [9.17, 15) is 32.7 Å². The number of hydrogen-bond acceptors (Lipinski definition) is 16. The Morgan fingerprint density at radius 1 is 0.500 bits per heavy atom. The van der Waals surface area contributed by atoms with Crippen LogP contribution in [0.15, 0.2) is 166 Å². The Morgan fingerprint density at radius 2 is 0.816 bits per heavy atom. The van der Waals surface area contributed by atoms with Crippen molar-refractivity contribution in [1.82, 2.24) is 44.6 Å². The standard InChI is InChI=1S/C22H21FN4O2.C21H19FN4O2.C20H20FN3O.C6H15N.C3H3ClO.BBr3/c1-3-21(28)26-8-10-27(11-9-26)22-17-13-20(29-2)16(12-19(17)24-14-25-22)15-6-4-5-7-18(15)23;1-2-20(28)25-7-9-26(10-8-25)21-16-12-19(27)15(11-18(16)23-13-24-21)14-5-3-4-6-17(14)22;1-25-19-12-16-18(11-15(19)14-7-3-4-8-17(14)21)22-13-23-20(16)24-9-5-2-6-10-24;1-4-7(5-2)6-3;1-2-3(4)5;2-1(3)4/h3-7,12-14H,1,8-11H2,2H3;2-6,11-13,27H,1,7-10H2;3-4,7-8,11-13H,2,5-6,9-10H2,1H3;4-6H2,1-3H3;2H,1H2;. The number of anilines is 3. The van der Waals surface area contributed by atoms with Gasteiger partial charge in [-0.2, -0.15) is 0 Å². The van der Waals surface area contributed by atoms with Crippen LogP contribution in [-0.2, 0) is 14.4 Å². The number of allylic oxidation sites excluding steroid dienone is 1. The quantitative estimate of drug-likeness (QED) is 0.0615. The number of methoxy groups -OCH3 is 2. The van der Waals surface area contributed by atoms with E-state index in [1.54, 1.807) is 91.0 Å². The molecule has 3 aliphatic heterocycles. The number of fused-ring (bicyclic) bond motifs is 3. The van der Waals surface area contributed by atoms with Crippen molar-refractivity contribution >= 4 is 129 Å². The van der Waals surface area contributed by atoms with E-state index in [-0.39, 0.29) is 32.4 Å². The van der Waals surface area contributed by atoms with Gasteiger partial charge in [0.1, 0.15) is 71.1 Å². The molecule has 26 heteroatoms. The number of carbonyl (C=O) groups excluding carboxylic acids is 3. The first-order chi connectivity index (χ1) is 47.3. The molecule has 3 aliphatic rings. The lowest BCUT2D eigenvalue weighted by atomic mass is 10.0. The number of benzene rings is 6. The predicted octanol–water partition coefficient (Wildman–Crippen LogP) is 15.1. The first kappa shape index (κ1) is 76.9. The maximum absolute atomic E-state index is 14.4. The molecule has 1 N–H and O–H groups in total. The Labute approximate surface area is 600 Å². The molecule has 0 atom stereocenters. The molecule has 514 valence electrons. The summed E-state index contributed by atoms with van der Waals surface area (Å²) >= 11 is 14.0. The molecule has 0 bridgehead atoms. The van der Waals surface area contributed by atoms with Crippen molar-refractivity contribution in [1.29, 1.82) is 0 Å². The van der Waals surface area contributed by atoms with Crippen LogP contribution in [0, 0.1) is 17.5 Å². The molecule has 0 unspecified atom stereocenters. The highest BCUT2D eigenvalue weighted by Crippen LogP contribution is 2.41. The number of phenols is 1. The van der Waals surface area contributed by atoms with E-state index >= 15 is 0 Å². The molecule has 6 aromatic carbocycles. The summed E-state index contributed by atoms with van der Waals surface area (Å²) in [6.45, 7) is 27.1. The number of ether oxygens (including phenoxy) is 2. The van der Waals surface area contributed by atoms with Crippen molar-refractivity contribution in [2.45, 2.75) is 40.0 Å². The zero-order valence-corrected chi connectivity index (χ0v) is 60.9. The average Bonchev–Trinajstić information content (AvgIpc) is 0.797. The van der Waals surface area contributed by atoms with Gasteiger partial charge in [0.25, 0.3) is 0 Å². The minimum Gasteiger partial charge on any atom is -0.507 e. The number of nitrogens with zero attached hydrogens (tertiary/aromatic N) is 12. The van der Waals surface area contributed by atoms with Crippen LogP contribution >= 0.6 is 58.9 Å². The normalized spacial score (nSPS) is 13.4. The fourth-order valence-electron chi connectivity index (χ4n) is 11.3. The summed E-state index contributed by atoms with van der Waals surface area (Å²) in [6.07, 6.45) is 11.9. The number of phenolic OH excluding ortho intramolecular Hbond substituents is 1. The van der Waals surface area contributed by atoms with Gasteiger partial charge in [0.15, 0.2) is 0 Å². The number of piperazine rings is 2. The third-order valence-corrected chi connectivity index (χ3v) is 16.5. The lowest BCUT2D eigenvalue weighted by Crippen LogP contribution is -2.48. The number of halogens is 7. The highest BCUT2D eigenvalue weighted by molar-refractivity contribution is 9.69. The van der Waals surface area contributed by atoms with Gasteiger partial charge in [-0.05, 0) is 123 Å². The summed E-state index contributed by atoms with van der Waals surface area (Å²) in [5.41, 5.74) is 5.15. The molecule has 3 aromatic heterocycles. The summed E-state index contributed by atoms with van der Waals surface area (Å²) in [6, 6.07) is 30.4. The Kier molecular flexibility index (Phi) is 30.3. The van der Waals surface area contributed by atoms with E-state index in [0.29, 0.717) is 119 Å². The van der Waals surface area contributed by atoms with Gasteiger partial charge in [0.2, 0.25) is 17.1 Å². The van der Waals surface area contributed by atoms with E-state index in [2.05, 4.69) is 137 Å². The molecule has 2 amide bonds. The molecule has 0 radical (unpaired) electrons. The summed E-state index contributed by atoms with van der Waals surface area (Å²) in [7, 11) is 3.17. The highest BCUT2D eigenvalue weighted by Gasteiger charge is 2.26. The van der Waals surface area contributed by atoms with Gasteiger partial charge >= 0.3 is 3.18 Å². The Hall–Kier alpha value is -8.49. The molecule has 3 saturated heterocycles. The summed E-state index contributed by atoms with van der Waals surface area (Å²) in [5.74, 6) is 2.40. The predicted molar refractivity (Wildman–Crippen MR) is 401 cm³/mol. The summed E-state index contributed by atoms with van der Waals surface area (Å²) in [5, 5.41) is 12.5. The van der Waals surface area contributed by atoms with Crippen molar-refractivity contribution in [2.75, 3.05) is 114 Å². The van der Waals surface area contributed by atoms with Crippen LogP contribution < -0.4 is 24.2 Å². The molecule has 6 heterocycles. The third-order valence-electron chi connectivity index (χ3n) is 16.4. The zero-order valence-electron chi connectivity index (χ0n) is 55.4. The highest BCUT2D eigenvalue weighted by atomic mass is 79.9. The first-order valence-electron chi connectivity index (χ1n) is 31.7. The SMILES string of the molecule is BrB(Br)Br.C=CC(=O)Cl.C=CC(=O)N1CCN(c2ncnc3cc(-c4ccccc4F)c(O)cc23)CC1.C=CC(=O)N1CCN(c2ncnc3cc(-c4ccccc4F)c(OC)cc23)CC1.CCN(CC)CC.COc1cc2c(N3CCCCC3)ncnc2cc1-c1ccccc1F. The van der Waals surface area contributed by atoms with E-state index in [1.807, 2.05) is 30.3 Å². The van der Waals surface area contributed by atoms with Gasteiger partial charge in [-0.3, -0.25) is 14.4 Å². The van der Waals surface area contributed by atoms with Crippen LogP contribution in [0.1, 0.15) is 40.0 Å². The number of piperidine rings is 1. The Bertz CT molecular complexity index is 4190. The maximum Gasteiger partial charge on any atom is 0.369 e. The number of aromatic nitrogens is 6. The number of rotatable bonds is 14. The van der Waals surface area contributed by atoms with Gasteiger partial charge in [-0.15, -0.1) is 47.3 Å². The zero-order chi connectivity index (χ0) is 70.8. The van der Waals surface area contributed by atoms with Crippen molar-refractivity contribution in [3.05, 3.63) is 184 Å². The average molecular weight is 1550 g/mol. The summed E-state index contributed by atoms with van der Waals surface area (Å²) < 4.78 is 54.2. The molecule has 98 heavy (non-hydrogen) atoms. The molecule has 9 aromatic rings. The molecule has 0 saturated carbocycles. The van der Waals surface area contributed by atoms with Crippen molar-refractivity contribution < 1.29 is 42.1 Å². The van der Waals surface area contributed by atoms with E-state index in [0.717, 1.165) is 47.1 Å². The van der Waals surface area contributed by atoms with Crippen molar-refractivity contribution in [3.63, 3.8) is 0 Å². The number of amides is 2. The number of carbonyl (C=O) groups is 3. The van der Waals surface area contributed by atoms with E-state index < -0.39 is 11.1 Å². The van der Waals surface area contributed by atoms with E-state index in [4.69, 9.17) is 21.1 Å². The monoisotopic (exact) mass is 1550 g/mol. The smallest absolute Gasteiger partial charge is 0.369 e. The molecule has 18 nitrogen and oxygen atoms in total. The third kappa shape index (κ3) is 20.6. The second-order valence-electron chi connectivity index (χ2n) is 22.0. The fraction of sp³-hybridized carbons (Fsp3) is 0.292. The van der Waals surface area contributed by atoms with E-state index in [1.165, 1.54) is 81.9 Å².